The zero-order valence-electron chi connectivity index (χ0n) is 15.2. The van der Waals surface area contributed by atoms with Crippen molar-refractivity contribution in [1.29, 1.82) is 5.41 Å². The van der Waals surface area contributed by atoms with Crippen molar-refractivity contribution in [3.8, 4) is 5.75 Å². The number of nitrogens with zero attached hydrogens (tertiary/aromatic N) is 2. The largest absolute Gasteiger partial charge is 0.495 e. The number of hydrogen-bond donors (Lipinski definition) is 2. The van der Waals surface area contributed by atoms with Gasteiger partial charge in [0.1, 0.15) is 34.6 Å². The summed E-state index contributed by atoms with van der Waals surface area (Å²) in [5.74, 6) is -2.43. The first-order valence-electron chi connectivity index (χ1n) is 8.12. The number of ether oxygens (including phenoxy) is 1. The summed E-state index contributed by atoms with van der Waals surface area (Å²) in [6.45, 7) is 1.39. The van der Waals surface area contributed by atoms with Crippen molar-refractivity contribution >= 4 is 39.7 Å². The summed E-state index contributed by atoms with van der Waals surface area (Å²) in [5, 5.41) is 10.6. The molecule has 3 aromatic rings. The number of aromatic nitrogens is 2. The molecule has 1 heterocycles. The molecule has 2 aromatic carbocycles. The minimum atomic E-state index is -1.05. The fourth-order valence-electron chi connectivity index (χ4n) is 2.96. The van der Waals surface area contributed by atoms with Crippen molar-refractivity contribution in [3.05, 3.63) is 58.6 Å². The average Bonchev–Trinajstić information content (AvgIpc) is 3.06. The van der Waals surface area contributed by atoms with Crippen LogP contribution in [0, 0.1) is 22.9 Å². The number of benzene rings is 2. The Morgan fingerprint density at radius 2 is 1.96 bits per heavy atom. The van der Waals surface area contributed by atoms with E-state index >= 15 is 0 Å². The summed E-state index contributed by atoms with van der Waals surface area (Å²) >= 11 is 5.96. The maximum absolute atomic E-state index is 14.9. The summed E-state index contributed by atoms with van der Waals surface area (Å²) in [6, 6.07) is 4.93. The van der Waals surface area contributed by atoms with E-state index in [9.17, 15) is 13.2 Å². The van der Waals surface area contributed by atoms with Crippen molar-refractivity contribution in [2.24, 2.45) is 0 Å². The van der Waals surface area contributed by atoms with Gasteiger partial charge in [0.05, 0.1) is 23.7 Å². The molecule has 3 rings (SSSR count). The number of rotatable bonds is 5. The van der Waals surface area contributed by atoms with Gasteiger partial charge in [-0.2, -0.15) is 0 Å². The van der Waals surface area contributed by atoms with E-state index in [1.165, 1.54) is 50.2 Å². The Morgan fingerprint density at radius 1 is 1.25 bits per heavy atom. The molecule has 0 atom stereocenters. The van der Waals surface area contributed by atoms with Gasteiger partial charge < -0.3 is 15.5 Å². The third-order valence-electron chi connectivity index (χ3n) is 4.19. The Bertz CT molecular complexity index is 1120. The lowest BCUT2D eigenvalue weighted by molar-refractivity contribution is 0.406. The summed E-state index contributed by atoms with van der Waals surface area (Å²) in [7, 11) is 2.78. The molecule has 0 fully saturated rings. The quantitative estimate of drug-likeness (QED) is 0.475. The van der Waals surface area contributed by atoms with Crippen LogP contribution < -0.4 is 10.1 Å². The fraction of sp³-hybridized carbons (Fsp3) is 0.158. The molecule has 0 aliphatic heterocycles. The smallest absolute Gasteiger partial charge is 0.156 e. The summed E-state index contributed by atoms with van der Waals surface area (Å²) < 4.78 is 49.6. The normalized spacial score (nSPS) is 12.1. The Morgan fingerprint density at radius 3 is 2.57 bits per heavy atom. The van der Waals surface area contributed by atoms with Crippen LogP contribution in [0.2, 0.25) is 5.02 Å². The fourth-order valence-corrected chi connectivity index (χ4v) is 3.19. The lowest BCUT2D eigenvalue weighted by Crippen LogP contribution is -2.18. The molecule has 0 amide bonds. The molecular weight excluding hydrogens is 393 g/mol. The minimum absolute atomic E-state index is 0.0642. The molecule has 0 unspecified atom stereocenters. The second-order valence-corrected chi connectivity index (χ2v) is 6.29. The first-order chi connectivity index (χ1) is 13.3. The van der Waals surface area contributed by atoms with Crippen LogP contribution in [0.1, 0.15) is 12.5 Å². The van der Waals surface area contributed by atoms with Crippen molar-refractivity contribution in [2.75, 3.05) is 14.2 Å². The van der Waals surface area contributed by atoms with Gasteiger partial charge in [-0.3, -0.25) is 4.57 Å². The van der Waals surface area contributed by atoms with Crippen LogP contribution in [0.25, 0.3) is 22.4 Å². The van der Waals surface area contributed by atoms with Crippen molar-refractivity contribution < 1.29 is 17.9 Å². The second-order valence-electron chi connectivity index (χ2n) is 5.91. The van der Waals surface area contributed by atoms with Crippen molar-refractivity contribution in [2.45, 2.75) is 6.92 Å². The SMILES string of the molecule is CN/C(=C(\C(C)=N)c1c(F)cc(OC)c(Cl)c1F)n1cnc2cc(F)ccc21. The van der Waals surface area contributed by atoms with Crippen LogP contribution in [0.4, 0.5) is 13.2 Å². The van der Waals surface area contributed by atoms with E-state index < -0.39 is 28.0 Å². The van der Waals surface area contributed by atoms with Crippen LogP contribution in [0.15, 0.2) is 30.6 Å². The molecule has 28 heavy (non-hydrogen) atoms. The molecule has 0 aliphatic carbocycles. The second kappa shape index (κ2) is 7.55. The van der Waals surface area contributed by atoms with Gasteiger partial charge in [0.2, 0.25) is 0 Å². The topological polar surface area (TPSA) is 62.9 Å². The molecule has 9 heteroatoms. The summed E-state index contributed by atoms with van der Waals surface area (Å²) in [4.78, 5) is 4.12. The Kier molecular flexibility index (Phi) is 5.33. The highest BCUT2D eigenvalue weighted by Gasteiger charge is 2.25. The number of fused-ring (bicyclic) bond motifs is 1. The lowest BCUT2D eigenvalue weighted by atomic mass is 9.99. The van der Waals surface area contributed by atoms with E-state index in [1.54, 1.807) is 0 Å². The van der Waals surface area contributed by atoms with Crippen molar-refractivity contribution in [1.82, 2.24) is 14.9 Å². The molecule has 0 saturated carbocycles. The molecule has 0 saturated heterocycles. The highest BCUT2D eigenvalue weighted by atomic mass is 35.5. The highest BCUT2D eigenvalue weighted by molar-refractivity contribution is 6.33. The molecule has 0 spiro atoms. The summed E-state index contributed by atoms with van der Waals surface area (Å²) in [5.41, 5.74) is 0.179. The van der Waals surface area contributed by atoms with E-state index in [0.29, 0.717) is 11.0 Å². The molecule has 5 nitrogen and oxygen atoms in total. The van der Waals surface area contributed by atoms with Gasteiger partial charge in [0.25, 0.3) is 0 Å². The standard InChI is InChI=1S/C19H16ClF3N4O/c1-9(24)15(16-11(22)7-14(28-3)17(20)18(16)23)19(25-2)27-8-26-12-6-10(21)4-5-13(12)27/h4-8,24-25H,1-3H3/b19-15-,24-9?. The van der Waals surface area contributed by atoms with Crippen LogP contribution >= 0.6 is 11.6 Å². The predicted octanol–water partition coefficient (Wildman–Crippen LogP) is 4.70. The van der Waals surface area contributed by atoms with E-state index in [4.69, 9.17) is 21.7 Å². The van der Waals surface area contributed by atoms with Gasteiger partial charge in [0.15, 0.2) is 5.82 Å². The lowest BCUT2D eigenvalue weighted by Gasteiger charge is -2.18. The summed E-state index contributed by atoms with van der Waals surface area (Å²) in [6.07, 6.45) is 1.37. The molecular formula is C19H16ClF3N4O. The third-order valence-corrected chi connectivity index (χ3v) is 4.55. The van der Waals surface area contributed by atoms with E-state index in [0.717, 1.165) is 6.07 Å². The monoisotopic (exact) mass is 408 g/mol. The molecule has 0 radical (unpaired) electrons. The minimum Gasteiger partial charge on any atom is -0.495 e. The van der Waals surface area contributed by atoms with Gasteiger partial charge >= 0.3 is 0 Å². The van der Waals surface area contributed by atoms with E-state index in [2.05, 4.69) is 10.3 Å². The van der Waals surface area contributed by atoms with E-state index in [-0.39, 0.29) is 22.9 Å². The van der Waals surface area contributed by atoms with Gasteiger partial charge in [-0.05, 0) is 19.1 Å². The molecule has 2 N–H and O–H groups in total. The molecule has 0 aliphatic rings. The van der Waals surface area contributed by atoms with Gasteiger partial charge in [-0.1, -0.05) is 11.6 Å². The highest BCUT2D eigenvalue weighted by Crippen LogP contribution is 2.37. The third kappa shape index (κ3) is 3.20. The molecule has 1 aromatic heterocycles. The number of allylic oxidation sites excluding steroid dienone is 1. The van der Waals surface area contributed by atoms with E-state index in [1.807, 2.05) is 0 Å². The number of imidazole rings is 1. The molecule has 146 valence electrons. The van der Waals surface area contributed by atoms with Crippen LogP contribution in [0.5, 0.6) is 5.75 Å². The van der Waals surface area contributed by atoms with Crippen LogP contribution in [-0.4, -0.2) is 29.4 Å². The van der Waals surface area contributed by atoms with Crippen molar-refractivity contribution in [3.63, 3.8) is 0 Å². The Labute approximate surface area is 163 Å². The average molecular weight is 409 g/mol. The van der Waals surface area contributed by atoms with Gasteiger partial charge in [0, 0.05) is 30.5 Å². The van der Waals surface area contributed by atoms with Crippen LogP contribution in [-0.2, 0) is 0 Å². The zero-order chi connectivity index (χ0) is 20.6. The van der Waals surface area contributed by atoms with Gasteiger partial charge in [-0.25, -0.2) is 18.2 Å². The maximum Gasteiger partial charge on any atom is 0.156 e. The Hall–Kier alpha value is -3.00. The maximum atomic E-state index is 14.9. The number of hydrogen-bond acceptors (Lipinski definition) is 4. The van der Waals surface area contributed by atoms with Crippen LogP contribution in [0.3, 0.4) is 0 Å². The first kappa shape index (κ1) is 19.8. The predicted molar refractivity (Wildman–Crippen MR) is 103 cm³/mol. The number of halogens is 4. The first-order valence-corrected chi connectivity index (χ1v) is 8.50. The number of methoxy groups -OCH3 is 1. The van der Waals surface area contributed by atoms with Gasteiger partial charge in [-0.15, -0.1) is 0 Å². The molecule has 0 bridgehead atoms. The Balaban J connectivity index is 2.38. The zero-order valence-corrected chi connectivity index (χ0v) is 16.0. The number of nitrogens with one attached hydrogen (secondary N) is 2.